The first-order valence-electron chi connectivity index (χ1n) is 12.7. The molecule has 0 aliphatic rings. The third-order valence-electron chi connectivity index (χ3n) is 6.57. The summed E-state index contributed by atoms with van der Waals surface area (Å²) in [6, 6.07) is 14.7. The van der Waals surface area contributed by atoms with Crippen molar-refractivity contribution in [3.8, 4) is 5.69 Å². The van der Waals surface area contributed by atoms with E-state index in [1.807, 2.05) is 76.2 Å². The van der Waals surface area contributed by atoms with Crippen molar-refractivity contribution < 1.29 is 4.79 Å². The molecule has 1 unspecified atom stereocenters. The Balaban J connectivity index is 1.88. The van der Waals surface area contributed by atoms with Gasteiger partial charge in [0.05, 0.1) is 28.3 Å². The maximum atomic E-state index is 13.9. The number of carbonyl (C=O) groups is 1. The summed E-state index contributed by atoms with van der Waals surface area (Å²) in [6.45, 7) is 8.24. The van der Waals surface area contributed by atoms with Gasteiger partial charge in [0.1, 0.15) is 11.6 Å². The number of nitrogen functional groups attached to an aromatic ring is 1. The van der Waals surface area contributed by atoms with Gasteiger partial charge in [-0.3, -0.25) is 14.2 Å². The molecule has 0 saturated heterocycles. The zero-order chi connectivity index (χ0) is 27.4. The molecule has 4 rings (SSSR count). The van der Waals surface area contributed by atoms with E-state index >= 15 is 0 Å². The van der Waals surface area contributed by atoms with Crippen LogP contribution in [0.4, 0.5) is 11.8 Å². The van der Waals surface area contributed by atoms with E-state index in [1.54, 1.807) is 22.6 Å². The molecule has 1 atom stereocenters. The summed E-state index contributed by atoms with van der Waals surface area (Å²) >= 11 is 0. The summed E-state index contributed by atoms with van der Waals surface area (Å²) in [6.07, 6.45) is 3.79. The highest BCUT2D eigenvalue weighted by Crippen LogP contribution is 2.28. The minimum atomic E-state index is -0.400. The molecule has 3 N–H and O–H groups in total. The lowest BCUT2D eigenvalue weighted by Gasteiger charge is -2.23. The number of fused-ring (bicyclic) bond motifs is 1. The van der Waals surface area contributed by atoms with Crippen LogP contribution in [0.15, 0.2) is 59.4 Å². The standard InChI is InChI=1S/C29H33N7O2/c1-6-22(32-26-21(19(4)31-29(30)34-26)16-17-24(37)35(5)7-2)27-33-23-15-11-12-18(3)25(23)28(38)36(27)20-13-9-8-10-14-20/h8-17,22H,6-7H2,1-5H3,(H3,30,31,32,34)/b17-16+. The molecule has 0 spiro atoms. The van der Waals surface area contributed by atoms with Crippen LogP contribution in [0.5, 0.6) is 0 Å². The number of anilines is 2. The maximum Gasteiger partial charge on any atom is 0.266 e. The quantitative estimate of drug-likeness (QED) is 0.336. The molecule has 2 heterocycles. The van der Waals surface area contributed by atoms with Crippen LogP contribution in [0, 0.1) is 13.8 Å². The second-order valence-corrected chi connectivity index (χ2v) is 9.14. The highest BCUT2D eigenvalue weighted by Gasteiger charge is 2.23. The van der Waals surface area contributed by atoms with Crippen molar-refractivity contribution in [2.75, 3.05) is 24.6 Å². The summed E-state index contributed by atoms with van der Waals surface area (Å²) in [7, 11) is 1.74. The Morgan fingerprint density at radius 2 is 1.82 bits per heavy atom. The zero-order valence-electron chi connectivity index (χ0n) is 22.4. The molecule has 196 valence electrons. The van der Waals surface area contributed by atoms with E-state index < -0.39 is 6.04 Å². The van der Waals surface area contributed by atoms with E-state index in [0.717, 1.165) is 11.3 Å². The van der Waals surface area contributed by atoms with Gasteiger partial charge in [-0.05, 0) is 57.0 Å². The number of para-hydroxylation sites is 1. The average Bonchev–Trinajstić information content (AvgIpc) is 2.90. The van der Waals surface area contributed by atoms with E-state index in [0.29, 0.717) is 46.8 Å². The fraction of sp³-hybridized carbons (Fsp3) is 0.276. The average molecular weight is 512 g/mol. The first kappa shape index (κ1) is 26.5. The molecule has 0 bridgehead atoms. The van der Waals surface area contributed by atoms with Crippen molar-refractivity contribution in [2.24, 2.45) is 0 Å². The van der Waals surface area contributed by atoms with Crippen LogP contribution in [0.1, 0.15) is 49.0 Å². The zero-order valence-corrected chi connectivity index (χ0v) is 22.4. The predicted molar refractivity (Wildman–Crippen MR) is 152 cm³/mol. The normalized spacial score (nSPS) is 12.1. The molecule has 2 aromatic carbocycles. The fourth-order valence-electron chi connectivity index (χ4n) is 4.34. The van der Waals surface area contributed by atoms with Gasteiger partial charge >= 0.3 is 0 Å². The highest BCUT2D eigenvalue weighted by molar-refractivity contribution is 5.92. The lowest BCUT2D eigenvalue weighted by Crippen LogP contribution is -2.29. The molecule has 9 nitrogen and oxygen atoms in total. The highest BCUT2D eigenvalue weighted by atomic mass is 16.2. The number of rotatable bonds is 8. The van der Waals surface area contributed by atoms with Gasteiger partial charge in [0.25, 0.3) is 5.56 Å². The Hall–Kier alpha value is -4.53. The second-order valence-electron chi connectivity index (χ2n) is 9.14. The lowest BCUT2D eigenvalue weighted by atomic mass is 10.1. The Kier molecular flexibility index (Phi) is 7.85. The molecule has 0 aliphatic heterocycles. The number of carbonyl (C=O) groups excluding carboxylic acids is 1. The Morgan fingerprint density at radius 3 is 2.50 bits per heavy atom. The number of hydrogen-bond acceptors (Lipinski definition) is 7. The summed E-state index contributed by atoms with van der Waals surface area (Å²) < 4.78 is 1.66. The van der Waals surface area contributed by atoms with Gasteiger partial charge in [0.15, 0.2) is 0 Å². The van der Waals surface area contributed by atoms with E-state index in [-0.39, 0.29) is 17.4 Å². The Bertz CT molecular complexity index is 1560. The van der Waals surface area contributed by atoms with Crippen LogP contribution in [0.3, 0.4) is 0 Å². The van der Waals surface area contributed by atoms with Gasteiger partial charge in [0, 0.05) is 25.2 Å². The van der Waals surface area contributed by atoms with Gasteiger partial charge in [-0.15, -0.1) is 0 Å². The van der Waals surface area contributed by atoms with E-state index in [4.69, 9.17) is 10.7 Å². The molecule has 0 radical (unpaired) electrons. The van der Waals surface area contributed by atoms with Crippen LogP contribution in [-0.2, 0) is 4.79 Å². The third-order valence-corrected chi connectivity index (χ3v) is 6.57. The van der Waals surface area contributed by atoms with Crippen LogP contribution >= 0.6 is 0 Å². The van der Waals surface area contributed by atoms with Crippen LogP contribution in [-0.4, -0.2) is 43.9 Å². The Morgan fingerprint density at radius 1 is 1.08 bits per heavy atom. The number of nitrogens with one attached hydrogen (secondary N) is 1. The molecule has 4 aromatic rings. The summed E-state index contributed by atoms with van der Waals surface area (Å²) in [5, 5.41) is 4.03. The van der Waals surface area contributed by atoms with Crippen LogP contribution in [0.25, 0.3) is 22.7 Å². The van der Waals surface area contributed by atoms with Crippen LogP contribution < -0.4 is 16.6 Å². The second kappa shape index (κ2) is 11.2. The van der Waals surface area contributed by atoms with Crippen molar-refractivity contribution in [2.45, 2.75) is 40.2 Å². The smallest absolute Gasteiger partial charge is 0.266 e. The number of aryl methyl sites for hydroxylation is 2. The number of likely N-dealkylation sites (N-methyl/N-ethyl adjacent to an activating group) is 1. The SMILES string of the molecule is CCC(Nc1nc(N)nc(C)c1/C=C/C(=O)N(C)CC)c1nc2cccc(C)c2c(=O)n1-c1ccccc1. The number of amides is 1. The van der Waals surface area contributed by atoms with Crippen molar-refractivity contribution in [3.63, 3.8) is 0 Å². The molecular formula is C29H33N7O2. The minimum absolute atomic E-state index is 0.108. The number of hydrogen-bond donors (Lipinski definition) is 2. The van der Waals surface area contributed by atoms with Crippen molar-refractivity contribution in [1.29, 1.82) is 0 Å². The van der Waals surface area contributed by atoms with Crippen molar-refractivity contribution in [1.82, 2.24) is 24.4 Å². The van der Waals surface area contributed by atoms with E-state index in [1.165, 1.54) is 6.08 Å². The first-order chi connectivity index (χ1) is 18.2. The number of nitrogens with zero attached hydrogens (tertiary/aromatic N) is 5. The first-order valence-corrected chi connectivity index (χ1v) is 12.7. The fourth-order valence-corrected chi connectivity index (χ4v) is 4.34. The molecule has 0 fully saturated rings. The molecule has 0 aliphatic carbocycles. The predicted octanol–water partition coefficient (Wildman–Crippen LogP) is 4.43. The largest absolute Gasteiger partial charge is 0.368 e. The van der Waals surface area contributed by atoms with Crippen molar-refractivity contribution in [3.05, 3.63) is 87.6 Å². The van der Waals surface area contributed by atoms with E-state index in [2.05, 4.69) is 15.3 Å². The summed E-state index contributed by atoms with van der Waals surface area (Å²) in [4.78, 5) is 41.6. The van der Waals surface area contributed by atoms with Gasteiger partial charge in [-0.2, -0.15) is 4.98 Å². The van der Waals surface area contributed by atoms with Gasteiger partial charge in [0.2, 0.25) is 11.9 Å². The molecule has 2 aromatic heterocycles. The summed E-state index contributed by atoms with van der Waals surface area (Å²) in [5.74, 6) is 0.986. The molecular weight excluding hydrogens is 478 g/mol. The monoisotopic (exact) mass is 511 g/mol. The van der Waals surface area contributed by atoms with Gasteiger partial charge in [-0.1, -0.05) is 37.3 Å². The van der Waals surface area contributed by atoms with Gasteiger partial charge in [-0.25, -0.2) is 9.97 Å². The minimum Gasteiger partial charge on any atom is -0.368 e. The van der Waals surface area contributed by atoms with Crippen molar-refractivity contribution >= 4 is 34.7 Å². The topological polar surface area (TPSA) is 119 Å². The number of aromatic nitrogens is 4. The third kappa shape index (κ3) is 5.27. The molecule has 0 saturated carbocycles. The molecule has 38 heavy (non-hydrogen) atoms. The lowest BCUT2D eigenvalue weighted by molar-refractivity contribution is -0.124. The number of benzene rings is 2. The number of nitrogens with two attached hydrogens (primary N) is 1. The Labute approximate surface area is 222 Å². The molecule has 9 heteroatoms. The maximum absolute atomic E-state index is 13.9. The molecule has 1 amide bonds. The van der Waals surface area contributed by atoms with E-state index in [9.17, 15) is 9.59 Å². The van der Waals surface area contributed by atoms with Crippen LogP contribution in [0.2, 0.25) is 0 Å². The summed E-state index contributed by atoms with van der Waals surface area (Å²) in [5.41, 5.74) is 9.36. The van der Waals surface area contributed by atoms with Gasteiger partial charge < -0.3 is 16.0 Å².